The highest BCUT2D eigenvalue weighted by atomic mass is 16.5. The van der Waals surface area contributed by atoms with Gasteiger partial charge in [0.15, 0.2) is 5.92 Å². The number of ether oxygens (including phenoxy) is 1. The first-order chi connectivity index (χ1) is 16.8. The van der Waals surface area contributed by atoms with Gasteiger partial charge in [-0.3, -0.25) is 14.4 Å². The number of unbranched alkanes of at least 4 members (excludes halogenated alkanes) is 1. The maximum absolute atomic E-state index is 12.2. The minimum absolute atomic E-state index is 0.151. The maximum Gasteiger partial charge on any atom is 0.320 e. The predicted octanol–water partition coefficient (Wildman–Crippen LogP) is 2.04. The molecule has 0 fully saturated rings. The van der Waals surface area contributed by atoms with Crippen molar-refractivity contribution in [1.82, 2.24) is 5.32 Å². The SMILES string of the molecule is NC(=O)C(C(=O)O)c1cc2ccccc2cc1OCCCCNC(=O)[C@@H](N)Cc1ccc(O)cc1. The van der Waals surface area contributed by atoms with Crippen LogP contribution in [0.3, 0.4) is 0 Å². The molecule has 0 aliphatic heterocycles. The van der Waals surface area contributed by atoms with Crippen molar-refractivity contribution in [2.45, 2.75) is 31.2 Å². The average Bonchev–Trinajstić information content (AvgIpc) is 2.82. The summed E-state index contributed by atoms with van der Waals surface area (Å²) in [4.78, 5) is 35.7. The topological polar surface area (TPSA) is 165 Å². The Labute approximate surface area is 202 Å². The molecule has 3 aromatic rings. The van der Waals surface area contributed by atoms with Crippen molar-refractivity contribution in [2.24, 2.45) is 11.5 Å². The Hall–Kier alpha value is -4.11. The van der Waals surface area contributed by atoms with Gasteiger partial charge in [-0.2, -0.15) is 0 Å². The first-order valence-electron chi connectivity index (χ1n) is 11.2. The lowest BCUT2D eigenvalue weighted by Crippen LogP contribution is -2.42. The van der Waals surface area contributed by atoms with E-state index in [0.29, 0.717) is 25.8 Å². The van der Waals surface area contributed by atoms with Gasteiger partial charge in [-0.15, -0.1) is 0 Å². The Morgan fingerprint density at radius 3 is 2.26 bits per heavy atom. The molecule has 2 amide bonds. The first-order valence-corrected chi connectivity index (χ1v) is 11.2. The summed E-state index contributed by atoms with van der Waals surface area (Å²) in [5.41, 5.74) is 12.4. The molecule has 0 bridgehead atoms. The Kier molecular flexibility index (Phi) is 8.63. The van der Waals surface area contributed by atoms with Crippen molar-refractivity contribution in [3.63, 3.8) is 0 Å². The van der Waals surface area contributed by atoms with Crippen LogP contribution in [-0.2, 0) is 20.8 Å². The van der Waals surface area contributed by atoms with Crippen LogP contribution in [0.15, 0.2) is 60.7 Å². The second-order valence-corrected chi connectivity index (χ2v) is 8.23. The molecule has 3 aromatic carbocycles. The zero-order valence-corrected chi connectivity index (χ0v) is 19.1. The molecule has 0 aliphatic rings. The number of fused-ring (bicyclic) bond motifs is 1. The van der Waals surface area contributed by atoms with E-state index in [2.05, 4.69) is 5.32 Å². The highest BCUT2D eigenvalue weighted by Gasteiger charge is 2.29. The van der Waals surface area contributed by atoms with Gasteiger partial charge in [0, 0.05) is 12.1 Å². The Morgan fingerprint density at radius 2 is 1.63 bits per heavy atom. The number of rotatable bonds is 12. The number of phenolic OH excluding ortho intramolecular Hbond substituents is 1. The molecular formula is C26H29N3O6. The Morgan fingerprint density at radius 1 is 0.971 bits per heavy atom. The number of benzene rings is 3. The van der Waals surface area contributed by atoms with Gasteiger partial charge < -0.3 is 31.7 Å². The lowest BCUT2D eigenvalue weighted by molar-refractivity contribution is -0.142. The van der Waals surface area contributed by atoms with Crippen molar-refractivity contribution in [3.8, 4) is 11.5 Å². The van der Waals surface area contributed by atoms with Crippen LogP contribution in [0.25, 0.3) is 10.8 Å². The molecule has 0 saturated heterocycles. The second kappa shape index (κ2) is 11.8. The second-order valence-electron chi connectivity index (χ2n) is 8.23. The number of carboxylic acid groups (broad SMARTS) is 1. The smallest absolute Gasteiger partial charge is 0.320 e. The van der Waals surface area contributed by atoms with Gasteiger partial charge >= 0.3 is 5.97 Å². The van der Waals surface area contributed by atoms with E-state index in [9.17, 15) is 24.6 Å². The third kappa shape index (κ3) is 6.94. The van der Waals surface area contributed by atoms with Gasteiger partial charge in [0.05, 0.1) is 12.6 Å². The molecule has 0 spiro atoms. The molecule has 9 heteroatoms. The van der Waals surface area contributed by atoms with Crippen LogP contribution >= 0.6 is 0 Å². The van der Waals surface area contributed by atoms with Crippen molar-refractivity contribution in [2.75, 3.05) is 13.2 Å². The first kappa shape index (κ1) is 25.5. The fraction of sp³-hybridized carbons (Fsp3) is 0.269. The summed E-state index contributed by atoms with van der Waals surface area (Å²) in [7, 11) is 0. The standard InChI is InChI=1S/C26H29N3O6/c27-21(13-16-7-9-19(30)10-8-16)25(32)29-11-3-4-12-35-22-15-18-6-2-1-5-17(18)14-20(22)23(24(28)31)26(33)34/h1-2,5-10,14-15,21,23,30H,3-4,11-13,27H2,(H2,28,31)(H,29,32)(H,33,34)/t21-,23?/m0/s1. The molecule has 0 aromatic heterocycles. The summed E-state index contributed by atoms with van der Waals surface area (Å²) in [6.07, 6.45) is 1.54. The lowest BCUT2D eigenvalue weighted by Gasteiger charge is -2.17. The van der Waals surface area contributed by atoms with Crippen LogP contribution in [0.2, 0.25) is 0 Å². The average molecular weight is 480 g/mol. The molecule has 7 N–H and O–H groups in total. The van der Waals surface area contributed by atoms with Crippen molar-refractivity contribution in [3.05, 3.63) is 71.8 Å². The molecule has 9 nitrogen and oxygen atoms in total. The van der Waals surface area contributed by atoms with Crippen molar-refractivity contribution < 1.29 is 29.3 Å². The van der Waals surface area contributed by atoms with Gasteiger partial charge in [-0.1, -0.05) is 36.4 Å². The quantitative estimate of drug-likeness (QED) is 0.196. The number of carboxylic acids is 1. The van der Waals surface area contributed by atoms with E-state index < -0.39 is 23.8 Å². The molecule has 184 valence electrons. The van der Waals surface area contributed by atoms with E-state index in [1.54, 1.807) is 36.4 Å². The van der Waals surface area contributed by atoms with Crippen molar-refractivity contribution in [1.29, 1.82) is 0 Å². The summed E-state index contributed by atoms with van der Waals surface area (Å²) in [6, 6.07) is 16.5. The molecule has 0 aliphatic carbocycles. The van der Waals surface area contributed by atoms with Gasteiger partial charge in [-0.05, 0) is 59.9 Å². The van der Waals surface area contributed by atoms with Gasteiger partial charge in [-0.25, -0.2) is 0 Å². The van der Waals surface area contributed by atoms with Crippen LogP contribution < -0.4 is 21.5 Å². The Bertz CT molecular complexity index is 1180. The Balaban J connectivity index is 1.53. The van der Waals surface area contributed by atoms with Gasteiger partial charge in [0.2, 0.25) is 11.8 Å². The molecule has 0 saturated carbocycles. The highest BCUT2D eigenvalue weighted by molar-refractivity contribution is 6.03. The number of nitrogens with two attached hydrogens (primary N) is 2. The summed E-state index contributed by atoms with van der Waals surface area (Å²) in [5, 5.41) is 23.3. The third-order valence-electron chi connectivity index (χ3n) is 5.58. The maximum atomic E-state index is 12.2. The van der Waals surface area contributed by atoms with Crippen LogP contribution in [0, 0.1) is 0 Å². The molecule has 1 unspecified atom stereocenters. The number of phenols is 1. The van der Waals surface area contributed by atoms with Crippen LogP contribution in [0.4, 0.5) is 0 Å². The summed E-state index contributed by atoms with van der Waals surface area (Å²) in [5.74, 6) is -3.67. The van der Waals surface area contributed by atoms with E-state index in [-0.39, 0.29) is 29.6 Å². The number of hydrogen-bond acceptors (Lipinski definition) is 6. The number of aromatic hydroxyl groups is 1. The normalized spacial score (nSPS) is 12.6. The fourth-order valence-corrected chi connectivity index (χ4v) is 3.73. The third-order valence-corrected chi connectivity index (χ3v) is 5.58. The molecule has 0 heterocycles. The van der Waals surface area contributed by atoms with E-state index >= 15 is 0 Å². The number of primary amides is 1. The minimum Gasteiger partial charge on any atom is -0.508 e. The zero-order valence-electron chi connectivity index (χ0n) is 19.1. The predicted molar refractivity (Wildman–Crippen MR) is 131 cm³/mol. The van der Waals surface area contributed by atoms with E-state index in [0.717, 1.165) is 16.3 Å². The molecule has 3 rings (SSSR count). The summed E-state index contributed by atoms with van der Waals surface area (Å²) >= 11 is 0. The lowest BCUT2D eigenvalue weighted by atomic mass is 9.94. The fourth-order valence-electron chi connectivity index (χ4n) is 3.73. The summed E-state index contributed by atoms with van der Waals surface area (Å²) in [6.45, 7) is 0.654. The minimum atomic E-state index is -1.52. The largest absolute Gasteiger partial charge is 0.508 e. The number of carbonyl (C=O) groups excluding carboxylic acids is 2. The summed E-state index contributed by atoms with van der Waals surface area (Å²) < 4.78 is 5.84. The monoisotopic (exact) mass is 479 g/mol. The number of hydrogen-bond donors (Lipinski definition) is 5. The van der Waals surface area contributed by atoms with E-state index in [1.807, 2.05) is 24.3 Å². The molecular weight excluding hydrogens is 450 g/mol. The molecule has 35 heavy (non-hydrogen) atoms. The van der Waals surface area contributed by atoms with Crippen LogP contribution in [0.5, 0.6) is 11.5 Å². The van der Waals surface area contributed by atoms with Crippen LogP contribution in [0.1, 0.15) is 29.9 Å². The van der Waals surface area contributed by atoms with Gasteiger partial charge in [0.25, 0.3) is 0 Å². The van der Waals surface area contributed by atoms with Crippen molar-refractivity contribution >= 4 is 28.6 Å². The number of aliphatic carboxylic acids is 1. The number of carbonyl (C=O) groups is 3. The van der Waals surface area contributed by atoms with E-state index in [1.165, 1.54) is 0 Å². The molecule has 2 atom stereocenters. The van der Waals surface area contributed by atoms with E-state index in [4.69, 9.17) is 16.2 Å². The zero-order chi connectivity index (χ0) is 25.4. The highest BCUT2D eigenvalue weighted by Crippen LogP contribution is 2.32. The molecule has 0 radical (unpaired) electrons. The van der Waals surface area contributed by atoms with Crippen LogP contribution in [-0.4, -0.2) is 47.2 Å². The van der Waals surface area contributed by atoms with Gasteiger partial charge in [0.1, 0.15) is 11.5 Å². The number of nitrogens with one attached hydrogen (secondary N) is 1. The number of amides is 2.